The maximum atomic E-state index is 10.4. The van der Waals surface area contributed by atoms with Crippen LogP contribution in [0.1, 0.15) is 115 Å². The molecule has 75 heavy (non-hydrogen) atoms. The quantitative estimate of drug-likeness (QED) is 0.0862. The highest BCUT2D eigenvalue weighted by atomic mass is 16.4. The summed E-state index contributed by atoms with van der Waals surface area (Å²) in [6, 6.07) is 21.7. The van der Waals surface area contributed by atoms with E-state index in [4.69, 9.17) is 56.2 Å². The van der Waals surface area contributed by atoms with E-state index in [2.05, 4.69) is 34.9 Å². The van der Waals surface area contributed by atoms with E-state index in [1.165, 1.54) is 104 Å². The smallest absolute Gasteiger partial charge is 0.355 e. The van der Waals surface area contributed by atoms with Gasteiger partial charge in [0.25, 0.3) is 0 Å². The Balaban J connectivity index is 0.000000439. The van der Waals surface area contributed by atoms with Crippen molar-refractivity contribution in [2.24, 2.45) is 0 Å². The second-order valence-corrected chi connectivity index (χ2v) is 12.7. The summed E-state index contributed by atoms with van der Waals surface area (Å²) < 4.78 is 0. The van der Waals surface area contributed by atoms with Gasteiger partial charge in [-0.25, -0.2) is 77.7 Å². The number of aromatic carboxylic acids is 11. The molecule has 0 aliphatic rings. The van der Waals surface area contributed by atoms with Crippen LogP contribution in [0, 0.1) is 0 Å². The molecular formula is C46H35N7O22. The van der Waals surface area contributed by atoms with Gasteiger partial charge in [0.1, 0.15) is 28.5 Å². The highest BCUT2D eigenvalue weighted by molar-refractivity contribution is 6.00. The van der Waals surface area contributed by atoms with Crippen molar-refractivity contribution in [1.82, 2.24) is 34.9 Å². The molecule has 7 aromatic rings. The van der Waals surface area contributed by atoms with Crippen molar-refractivity contribution in [3.63, 3.8) is 0 Å². The number of carboxylic acid groups (broad SMARTS) is 11. The summed E-state index contributed by atoms with van der Waals surface area (Å²) in [5.41, 5.74) is -1.25. The summed E-state index contributed by atoms with van der Waals surface area (Å²) in [5.74, 6) is -12.7. The van der Waals surface area contributed by atoms with E-state index >= 15 is 0 Å². The van der Waals surface area contributed by atoms with Crippen LogP contribution >= 0.6 is 0 Å². The van der Waals surface area contributed by atoms with E-state index in [0.717, 1.165) is 24.5 Å². The predicted octanol–water partition coefficient (Wildman–Crippen LogP) is 4.25. The van der Waals surface area contributed by atoms with Crippen LogP contribution in [0.3, 0.4) is 0 Å². The zero-order chi connectivity index (χ0) is 56.6. The summed E-state index contributed by atoms with van der Waals surface area (Å²) in [5, 5.41) is 92.6. The Labute approximate surface area is 417 Å². The van der Waals surface area contributed by atoms with Crippen molar-refractivity contribution in [1.29, 1.82) is 0 Å². The number of rotatable bonds is 11. The average molecular weight is 1040 g/mol. The molecule has 11 N–H and O–H groups in total. The van der Waals surface area contributed by atoms with Crippen molar-refractivity contribution >= 4 is 65.7 Å². The second-order valence-electron chi connectivity index (χ2n) is 12.7. The molecule has 386 valence electrons. The summed E-state index contributed by atoms with van der Waals surface area (Å²) in [6.45, 7) is 0. The Morgan fingerprint density at radius 3 is 1.12 bits per heavy atom. The molecule has 29 nitrogen and oxygen atoms in total. The number of nitrogens with zero attached hydrogens (tertiary/aromatic N) is 7. The number of aromatic nitrogens is 7. The Bertz CT molecular complexity index is 2800. The van der Waals surface area contributed by atoms with Gasteiger partial charge in [0.15, 0.2) is 5.69 Å². The van der Waals surface area contributed by atoms with E-state index in [-0.39, 0.29) is 56.3 Å². The minimum Gasteiger partial charge on any atom is -0.478 e. The maximum Gasteiger partial charge on any atom is 0.355 e. The van der Waals surface area contributed by atoms with Crippen LogP contribution in [-0.2, 0) is 0 Å². The first-order chi connectivity index (χ1) is 35.4. The van der Waals surface area contributed by atoms with Crippen LogP contribution in [0.15, 0.2) is 147 Å². The van der Waals surface area contributed by atoms with Gasteiger partial charge in [-0.15, -0.1) is 0 Å². The molecule has 0 aliphatic heterocycles. The fraction of sp³-hybridized carbons (Fsp3) is 0. The average Bonchev–Trinajstić information content (AvgIpc) is 3.40. The molecular weight excluding hydrogens is 1000 g/mol. The number of carbonyl (C=O) groups is 11. The van der Waals surface area contributed by atoms with Gasteiger partial charge in [-0.2, -0.15) is 0 Å². The molecule has 0 spiro atoms. The lowest BCUT2D eigenvalue weighted by atomic mass is 10.2. The highest BCUT2D eigenvalue weighted by Crippen LogP contribution is 2.05. The van der Waals surface area contributed by atoms with Crippen molar-refractivity contribution in [3.8, 4) is 0 Å². The molecule has 0 aromatic carbocycles. The first kappa shape index (κ1) is 61.2. The number of pyridine rings is 7. The van der Waals surface area contributed by atoms with Crippen molar-refractivity contribution in [2.45, 2.75) is 0 Å². The van der Waals surface area contributed by atoms with Gasteiger partial charge >= 0.3 is 65.7 Å². The zero-order valence-corrected chi connectivity index (χ0v) is 37.4. The second kappa shape index (κ2) is 32.1. The molecule has 0 amide bonds. The molecule has 0 unspecified atom stereocenters. The molecule has 0 aliphatic carbocycles. The molecule has 0 bridgehead atoms. The van der Waals surface area contributed by atoms with E-state index < -0.39 is 71.4 Å². The molecule has 7 rings (SSSR count). The number of carboxylic acids is 11. The summed E-state index contributed by atoms with van der Waals surface area (Å²) in [7, 11) is 0. The van der Waals surface area contributed by atoms with Gasteiger partial charge in [0.2, 0.25) is 0 Å². The zero-order valence-electron chi connectivity index (χ0n) is 37.4. The number of hydrogen-bond donors (Lipinski definition) is 11. The van der Waals surface area contributed by atoms with Gasteiger partial charge < -0.3 is 56.2 Å². The van der Waals surface area contributed by atoms with E-state index in [1.807, 2.05) is 0 Å². The SMILES string of the molecule is O=C(O)c1ccc(C(=O)O)nc1.O=C(O)c1cccc(C(=O)O)n1.O=C(O)c1ccccn1.O=C(O)c1cccnc1.O=C(O)c1cccnc1C(=O)O.O=C(O)c1ccnc(C(=O)O)c1.O=C(O)c1ccncc1. The Hall–Kier alpha value is -11.8. The first-order valence-electron chi connectivity index (χ1n) is 19.5. The van der Waals surface area contributed by atoms with Crippen LogP contribution in [-0.4, -0.2) is 157 Å². The van der Waals surface area contributed by atoms with Gasteiger partial charge in [0, 0.05) is 49.6 Å². The Kier molecular flexibility index (Phi) is 26.2. The van der Waals surface area contributed by atoms with Crippen LogP contribution in [0.2, 0.25) is 0 Å². The molecule has 7 aromatic heterocycles. The summed E-state index contributed by atoms with van der Waals surface area (Å²) in [6.07, 6.45) is 10.6. The standard InChI is InChI=1S/4C7H5NO4.3C6H5NO2/c9-6(10)4-1-2-8-5(3-4)7(11)12;9-6(10)4-1-2-5(7(11)12)8-3-4;9-6(10)4-2-1-3-8-5(4)7(11)12;9-6(10)4-2-1-3-5(8-4)7(11)12;8-6(9)5-1-3-7-4-2-5;8-6(9)5-2-1-3-7-4-5;8-6(9)5-3-1-2-4-7-5/h4*1-3H,(H,9,10)(H,11,12);3*1-4H,(H,8,9). The largest absolute Gasteiger partial charge is 0.478 e. The number of hydrogen-bond acceptors (Lipinski definition) is 18. The fourth-order valence-electron chi connectivity index (χ4n) is 4.22. The van der Waals surface area contributed by atoms with Crippen LogP contribution in [0.25, 0.3) is 0 Å². The lowest BCUT2D eigenvalue weighted by molar-refractivity contribution is 0.0646. The van der Waals surface area contributed by atoms with Gasteiger partial charge in [-0.1, -0.05) is 12.1 Å². The molecule has 7 heterocycles. The molecule has 0 saturated heterocycles. The fourth-order valence-corrected chi connectivity index (χ4v) is 4.22. The first-order valence-corrected chi connectivity index (χ1v) is 19.5. The maximum absolute atomic E-state index is 10.4. The third-order valence-corrected chi connectivity index (χ3v) is 7.60. The van der Waals surface area contributed by atoms with Crippen LogP contribution in [0.5, 0.6) is 0 Å². The van der Waals surface area contributed by atoms with E-state index in [0.29, 0.717) is 0 Å². The van der Waals surface area contributed by atoms with Crippen LogP contribution < -0.4 is 0 Å². The lowest BCUT2D eigenvalue weighted by Crippen LogP contribution is -2.09. The molecule has 0 atom stereocenters. The Morgan fingerprint density at radius 1 is 0.280 bits per heavy atom. The van der Waals surface area contributed by atoms with Crippen LogP contribution in [0.4, 0.5) is 0 Å². The third-order valence-electron chi connectivity index (χ3n) is 7.60. The van der Waals surface area contributed by atoms with E-state index in [9.17, 15) is 52.7 Å². The minimum atomic E-state index is -1.34. The minimum absolute atomic E-state index is 0.0278. The van der Waals surface area contributed by atoms with Gasteiger partial charge in [-0.3, -0.25) is 9.97 Å². The molecule has 0 saturated carbocycles. The normalized spacial score (nSPS) is 9.17. The monoisotopic (exact) mass is 1040 g/mol. The van der Waals surface area contributed by atoms with E-state index in [1.54, 1.807) is 18.2 Å². The molecule has 0 radical (unpaired) electrons. The summed E-state index contributed by atoms with van der Waals surface area (Å²) >= 11 is 0. The van der Waals surface area contributed by atoms with Crippen molar-refractivity contribution in [2.75, 3.05) is 0 Å². The molecule has 0 fully saturated rings. The third kappa shape index (κ3) is 23.9. The van der Waals surface area contributed by atoms with Gasteiger partial charge in [-0.05, 0) is 84.9 Å². The summed E-state index contributed by atoms with van der Waals surface area (Å²) in [4.78, 5) is 138. The van der Waals surface area contributed by atoms with Crippen molar-refractivity contribution in [3.05, 3.63) is 209 Å². The van der Waals surface area contributed by atoms with Gasteiger partial charge in [0.05, 0.1) is 27.8 Å². The molecule has 29 heteroatoms. The topological polar surface area (TPSA) is 501 Å². The van der Waals surface area contributed by atoms with Crippen molar-refractivity contribution < 1.29 is 109 Å². The lowest BCUT2D eigenvalue weighted by Gasteiger charge is -1.97. The Morgan fingerprint density at radius 2 is 0.747 bits per heavy atom. The highest BCUT2D eigenvalue weighted by Gasteiger charge is 2.16. The predicted molar refractivity (Wildman–Crippen MR) is 246 cm³/mol.